The molecule has 1 aromatic heterocycles. The summed E-state index contributed by atoms with van der Waals surface area (Å²) in [6.07, 6.45) is 3.32. The lowest BCUT2D eigenvalue weighted by Gasteiger charge is -2.06. The fourth-order valence-electron chi connectivity index (χ4n) is 3.15. The van der Waals surface area contributed by atoms with Gasteiger partial charge < -0.3 is 9.88 Å². The summed E-state index contributed by atoms with van der Waals surface area (Å²) < 4.78 is 2.32. The van der Waals surface area contributed by atoms with E-state index in [0.29, 0.717) is 0 Å². The van der Waals surface area contributed by atoms with Crippen molar-refractivity contribution < 1.29 is 0 Å². The first-order valence-corrected chi connectivity index (χ1v) is 8.58. The predicted molar refractivity (Wildman–Crippen MR) is 106 cm³/mol. The zero-order chi connectivity index (χ0) is 16.2. The summed E-state index contributed by atoms with van der Waals surface area (Å²) in [6, 6.07) is 14.9. The molecule has 1 N–H and O–H groups in total. The van der Waals surface area contributed by atoms with Gasteiger partial charge in [0.15, 0.2) is 0 Å². The molecule has 0 fully saturated rings. The van der Waals surface area contributed by atoms with Gasteiger partial charge >= 0.3 is 0 Å². The topological polar surface area (TPSA) is 17.0 Å². The molecule has 2 aromatic carbocycles. The minimum atomic E-state index is 0. The van der Waals surface area contributed by atoms with Crippen molar-refractivity contribution in [3.05, 3.63) is 70.4 Å². The number of benzene rings is 2. The molecule has 0 radical (unpaired) electrons. The number of hydrogen-bond donors (Lipinski definition) is 1. The number of hydrogen-bond acceptors (Lipinski definition) is 1. The molecule has 4 heteroatoms. The lowest BCUT2D eigenvalue weighted by Crippen LogP contribution is -2.16. The van der Waals surface area contributed by atoms with Crippen molar-refractivity contribution in [3.8, 4) is 0 Å². The van der Waals surface area contributed by atoms with Gasteiger partial charge in [-0.15, -0.1) is 12.4 Å². The van der Waals surface area contributed by atoms with Crippen molar-refractivity contribution in [2.45, 2.75) is 33.4 Å². The maximum atomic E-state index is 6.11. The molecule has 0 saturated carbocycles. The monoisotopic (exact) mass is 362 g/mol. The number of rotatable bonds is 6. The zero-order valence-electron chi connectivity index (χ0n) is 14.2. The van der Waals surface area contributed by atoms with Gasteiger partial charge in [0.05, 0.1) is 0 Å². The van der Waals surface area contributed by atoms with E-state index >= 15 is 0 Å². The Morgan fingerprint density at radius 1 is 1.12 bits per heavy atom. The number of aromatic nitrogens is 1. The third-order valence-corrected chi connectivity index (χ3v) is 4.43. The van der Waals surface area contributed by atoms with Gasteiger partial charge in [-0.05, 0) is 61.7 Å². The van der Waals surface area contributed by atoms with Crippen molar-refractivity contribution in [3.63, 3.8) is 0 Å². The van der Waals surface area contributed by atoms with Crippen molar-refractivity contribution in [1.29, 1.82) is 0 Å². The Labute approximate surface area is 155 Å². The fraction of sp³-hybridized carbons (Fsp3) is 0.300. The second-order valence-electron chi connectivity index (χ2n) is 6.02. The van der Waals surface area contributed by atoms with Crippen molar-refractivity contribution in [1.82, 2.24) is 9.88 Å². The maximum Gasteiger partial charge on any atom is 0.0483 e. The maximum absolute atomic E-state index is 6.11. The average molecular weight is 363 g/mol. The van der Waals surface area contributed by atoms with Crippen LogP contribution in [0.1, 0.15) is 23.6 Å². The fourth-order valence-corrected chi connectivity index (χ4v) is 3.47. The quantitative estimate of drug-likeness (QED) is 0.582. The number of nitrogens with zero attached hydrogens (tertiary/aromatic N) is 1. The van der Waals surface area contributed by atoms with Crippen LogP contribution in [0.5, 0.6) is 0 Å². The van der Waals surface area contributed by atoms with Crippen LogP contribution in [0.2, 0.25) is 5.02 Å². The molecule has 0 spiro atoms. The smallest absolute Gasteiger partial charge is 0.0483 e. The average Bonchev–Trinajstić information content (AvgIpc) is 2.89. The third-order valence-electron chi connectivity index (χ3n) is 4.21. The SMILES string of the molecule is CCn1cc(CCNCc2cc(C)cc(Cl)c2)c2ccccc21.Cl. The molecule has 0 aliphatic rings. The van der Waals surface area contributed by atoms with Gasteiger partial charge in [-0.2, -0.15) is 0 Å². The van der Waals surface area contributed by atoms with E-state index in [1.165, 1.54) is 27.6 Å². The van der Waals surface area contributed by atoms with Crippen LogP contribution in [0.15, 0.2) is 48.7 Å². The molecule has 0 aliphatic carbocycles. The van der Waals surface area contributed by atoms with Gasteiger partial charge in [0.25, 0.3) is 0 Å². The van der Waals surface area contributed by atoms with Crippen molar-refractivity contribution in [2.75, 3.05) is 6.54 Å². The Hall–Kier alpha value is -1.48. The molecular formula is C20H24Cl2N2. The number of halogens is 2. The molecule has 0 atom stereocenters. The highest BCUT2D eigenvalue weighted by atomic mass is 35.5. The van der Waals surface area contributed by atoms with Gasteiger partial charge in [-0.3, -0.25) is 0 Å². The van der Waals surface area contributed by atoms with Crippen LogP contribution < -0.4 is 5.32 Å². The van der Waals surface area contributed by atoms with E-state index in [1.807, 2.05) is 12.1 Å². The summed E-state index contributed by atoms with van der Waals surface area (Å²) in [5, 5.41) is 5.71. The predicted octanol–water partition coefficient (Wildman–Crippen LogP) is 5.38. The lowest BCUT2D eigenvalue weighted by atomic mass is 10.1. The number of fused-ring (bicyclic) bond motifs is 1. The van der Waals surface area contributed by atoms with Crippen LogP contribution in [0.3, 0.4) is 0 Å². The summed E-state index contributed by atoms with van der Waals surface area (Å²) in [6.45, 7) is 7.10. The molecule has 3 aromatic rings. The number of para-hydroxylation sites is 1. The van der Waals surface area contributed by atoms with Crippen LogP contribution >= 0.6 is 24.0 Å². The van der Waals surface area contributed by atoms with Gasteiger partial charge in [-0.25, -0.2) is 0 Å². The molecule has 3 rings (SSSR count). The second kappa shape index (κ2) is 8.57. The Morgan fingerprint density at radius 3 is 2.67 bits per heavy atom. The first-order chi connectivity index (χ1) is 11.2. The van der Waals surface area contributed by atoms with Crippen LogP contribution in [0, 0.1) is 6.92 Å². The standard InChI is InChI=1S/C20H23ClN2.ClH/c1-3-23-14-17(19-6-4-5-7-20(19)23)8-9-22-13-16-10-15(2)11-18(21)12-16;/h4-7,10-12,14,22H,3,8-9,13H2,1-2H3;1H. The Balaban J connectivity index is 0.00000208. The minimum absolute atomic E-state index is 0. The Morgan fingerprint density at radius 2 is 1.92 bits per heavy atom. The second-order valence-corrected chi connectivity index (χ2v) is 6.46. The summed E-state index contributed by atoms with van der Waals surface area (Å²) in [5.41, 5.74) is 5.19. The van der Waals surface area contributed by atoms with Gasteiger partial charge in [-0.1, -0.05) is 35.9 Å². The highest BCUT2D eigenvalue weighted by Crippen LogP contribution is 2.21. The molecule has 2 nitrogen and oxygen atoms in total. The van der Waals surface area contributed by atoms with E-state index in [1.54, 1.807) is 0 Å². The highest BCUT2D eigenvalue weighted by molar-refractivity contribution is 6.30. The van der Waals surface area contributed by atoms with Crippen LogP contribution in [0.25, 0.3) is 10.9 Å². The molecular weight excluding hydrogens is 339 g/mol. The van der Waals surface area contributed by atoms with E-state index < -0.39 is 0 Å². The first kappa shape index (κ1) is 18.9. The summed E-state index contributed by atoms with van der Waals surface area (Å²) in [5.74, 6) is 0. The van der Waals surface area contributed by atoms with E-state index in [0.717, 1.165) is 31.1 Å². The van der Waals surface area contributed by atoms with Crippen LogP contribution in [0.4, 0.5) is 0 Å². The highest BCUT2D eigenvalue weighted by Gasteiger charge is 2.06. The third kappa shape index (κ3) is 4.32. The molecule has 0 unspecified atom stereocenters. The number of aryl methyl sites for hydroxylation is 2. The summed E-state index contributed by atoms with van der Waals surface area (Å²) in [4.78, 5) is 0. The van der Waals surface area contributed by atoms with Gasteiger partial charge in [0.2, 0.25) is 0 Å². The van der Waals surface area contributed by atoms with Gasteiger partial charge in [0.1, 0.15) is 0 Å². The van der Waals surface area contributed by atoms with Gasteiger partial charge in [0, 0.05) is 35.2 Å². The van der Waals surface area contributed by atoms with Crippen LogP contribution in [-0.2, 0) is 19.5 Å². The Kier molecular flexibility index (Phi) is 6.73. The van der Waals surface area contributed by atoms with E-state index in [9.17, 15) is 0 Å². The molecule has 0 saturated heterocycles. The number of nitrogens with one attached hydrogen (secondary N) is 1. The van der Waals surface area contributed by atoms with E-state index in [2.05, 4.69) is 60.3 Å². The van der Waals surface area contributed by atoms with Crippen molar-refractivity contribution >= 4 is 34.9 Å². The normalized spacial score (nSPS) is 10.8. The van der Waals surface area contributed by atoms with Crippen LogP contribution in [-0.4, -0.2) is 11.1 Å². The largest absolute Gasteiger partial charge is 0.347 e. The van der Waals surface area contributed by atoms with E-state index in [4.69, 9.17) is 11.6 Å². The molecule has 1 heterocycles. The lowest BCUT2D eigenvalue weighted by molar-refractivity contribution is 0.685. The zero-order valence-corrected chi connectivity index (χ0v) is 15.8. The first-order valence-electron chi connectivity index (χ1n) is 8.21. The molecule has 0 bridgehead atoms. The summed E-state index contributed by atoms with van der Waals surface area (Å²) >= 11 is 6.11. The molecule has 128 valence electrons. The molecule has 24 heavy (non-hydrogen) atoms. The van der Waals surface area contributed by atoms with Crippen molar-refractivity contribution in [2.24, 2.45) is 0 Å². The Bertz CT molecular complexity index is 788. The van der Waals surface area contributed by atoms with E-state index in [-0.39, 0.29) is 12.4 Å². The molecule has 0 aliphatic heterocycles. The molecule has 0 amide bonds. The summed E-state index contributed by atoms with van der Waals surface area (Å²) in [7, 11) is 0. The minimum Gasteiger partial charge on any atom is -0.347 e.